The second-order valence-corrected chi connectivity index (χ2v) is 7.36. The molecule has 2 fully saturated rings. The van der Waals surface area contributed by atoms with E-state index in [1.807, 2.05) is 0 Å². The summed E-state index contributed by atoms with van der Waals surface area (Å²) >= 11 is 0. The SMILES string of the molecule is CCNC(=NCCCC(=O)NC1CC1)N1CCN(CC(C)C)CC1.I. The summed E-state index contributed by atoms with van der Waals surface area (Å²) in [4.78, 5) is 21.3. The summed E-state index contributed by atoms with van der Waals surface area (Å²) in [7, 11) is 0. The van der Waals surface area contributed by atoms with Gasteiger partial charge in [0.2, 0.25) is 5.91 Å². The lowest BCUT2D eigenvalue weighted by molar-refractivity contribution is -0.121. The van der Waals surface area contributed by atoms with Gasteiger partial charge in [-0.05, 0) is 32.1 Å². The highest BCUT2D eigenvalue weighted by atomic mass is 127. The van der Waals surface area contributed by atoms with Crippen molar-refractivity contribution in [1.29, 1.82) is 0 Å². The predicted octanol–water partition coefficient (Wildman–Crippen LogP) is 1.90. The average molecular weight is 465 g/mol. The van der Waals surface area contributed by atoms with Gasteiger partial charge in [0, 0.05) is 58.3 Å². The molecule has 0 atom stereocenters. The Labute approximate surface area is 170 Å². The van der Waals surface area contributed by atoms with Gasteiger partial charge in [0.1, 0.15) is 0 Å². The van der Waals surface area contributed by atoms with Crippen LogP contribution in [0.4, 0.5) is 0 Å². The van der Waals surface area contributed by atoms with Crippen molar-refractivity contribution in [2.45, 2.75) is 52.5 Å². The molecule has 0 spiro atoms. The number of hydrogen-bond acceptors (Lipinski definition) is 3. The summed E-state index contributed by atoms with van der Waals surface area (Å²) in [6, 6.07) is 0.459. The first-order valence-electron chi connectivity index (χ1n) is 9.63. The van der Waals surface area contributed by atoms with Crippen LogP contribution in [0.1, 0.15) is 46.5 Å². The molecule has 1 heterocycles. The molecule has 1 saturated heterocycles. The number of nitrogens with one attached hydrogen (secondary N) is 2. The fourth-order valence-electron chi connectivity index (χ4n) is 3.04. The van der Waals surface area contributed by atoms with Crippen LogP contribution >= 0.6 is 24.0 Å². The Morgan fingerprint density at radius 3 is 2.44 bits per heavy atom. The van der Waals surface area contributed by atoms with Crippen LogP contribution in [0.2, 0.25) is 0 Å². The summed E-state index contributed by atoms with van der Waals surface area (Å²) < 4.78 is 0. The van der Waals surface area contributed by atoms with Crippen LogP contribution in [-0.2, 0) is 4.79 Å². The van der Waals surface area contributed by atoms with Crippen LogP contribution in [-0.4, -0.2) is 73.5 Å². The minimum absolute atomic E-state index is 0. The summed E-state index contributed by atoms with van der Waals surface area (Å²) in [5, 5.41) is 6.43. The standard InChI is InChI=1S/C18H35N5O.HI/c1-4-19-18(20-9-5-6-17(24)21-16-7-8-16)23-12-10-22(11-13-23)14-15(2)3;/h15-16H,4-14H2,1-3H3,(H,19,20)(H,21,24);1H. The van der Waals surface area contributed by atoms with Gasteiger partial charge in [-0.15, -0.1) is 24.0 Å². The van der Waals surface area contributed by atoms with Gasteiger partial charge in [-0.2, -0.15) is 0 Å². The zero-order chi connectivity index (χ0) is 17.4. The minimum Gasteiger partial charge on any atom is -0.357 e. The van der Waals surface area contributed by atoms with E-state index in [9.17, 15) is 4.79 Å². The molecule has 1 saturated carbocycles. The van der Waals surface area contributed by atoms with Crippen LogP contribution in [0.25, 0.3) is 0 Å². The van der Waals surface area contributed by atoms with Gasteiger partial charge in [0.15, 0.2) is 5.96 Å². The Balaban J connectivity index is 0.00000312. The molecule has 146 valence electrons. The Hall–Kier alpha value is -0.570. The van der Waals surface area contributed by atoms with Crippen molar-refractivity contribution in [3.63, 3.8) is 0 Å². The topological polar surface area (TPSA) is 60.0 Å². The molecule has 0 bridgehead atoms. The second-order valence-electron chi connectivity index (χ2n) is 7.36. The third kappa shape index (κ3) is 9.08. The molecule has 25 heavy (non-hydrogen) atoms. The molecule has 0 aromatic carbocycles. The van der Waals surface area contributed by atoms with Gasteiger partial charge in [0.05, 0.1) is 0 Å². The van der Waals surface area contributed by atoms with Crippen LogP contribution < -0.4 is 10.6 Å². The Morgan fingerprint density at radius 2 is 1.88 bits per heavy atom. The van der Waals surface area contributed by atoms with Gasteiger partial charge in [-0.1, -0.05) is 13.8 Å². The molecule has 1 aliphatic carbocycles. The Bertz CT molecular complexity index is 418. The van der Waals surface area contributed by atoms with E-state index in [0.717, 1.165) is 63.9 Å². The fourth-order valence-corrected chi connectivity index (χ4v) is 3.04. The van der Waals surface area contributed by atoms with Gasteiger partial charge in [-0.3, -0.25) is 14.7 Å². The van der Waals surface area contributed by atoms with Crippen molar-refractivity contribution in [1.82, 2.24) is 20.4 Å². The molecular weight excluding hydrogens is 429 g/mol. The van der Waals surface area contributed by atoms with E-state index in [4.69, 9.17) is 4.99 Å². The van der Waals surface area contributed by atoms with Crippen molar-refractivity contribution in [2.24, 2.45) is 10.9 Å². The van der Waals surface area contributed by atoms with Crippen molar-refractivity contribution < 1.29 is 4.79 Å². The summed E-state index contributed by atoms with van der Waals surface area (Å²) in [5.74, 6) is 1.91. The van der Waals surface area contributed by atoms with Gasteiger partial charge in [-0.25, -0.2) is 0 Å². The molecule has 1 aliphatic heterocycles. The average Bonchev–Trinajstić information content (AvgIpc) is 3.34. The quantitative estimate of drug-likeness (QED) is 0.249. The molecule has 0 unspecified atom stereocenters. The van der Waals surface area contributed by atoms with Crippen LogP contribution in [0.15, 0.2) is 4.99 Å². The maximum Gasteiger partial charge on any atom is 0.220 e. The maximum absolute atomic E-state index is 11.7. The van der Waals surface area contributed by atoms with Gasteiger partial charge >= 0.3 is 0 Å². The normalized spacial score (nSPS) is 18.9. The van der Waals surface area contributed by atoms with E-state index in [2.05, 4.69) is 41.2 Å². The third-order valence-corrected chi connectivity index (χ3v) is 4.40. The maximum atomic E-state index is 11.7. The molecule has 0 aromatic rings. The minimum atomic E-state index is 0. The summed E-state index contributed by atoms with van der Waals surface area (Å²) in [6.45, 7) is 13.7. The zero-order valence-corrected chi connectivity index (χ0v) is 18.4. The summed E-state index contributed by atoms with van der Waals surface area (Å²) in [5.41, 5.74) is 0. The number of nitrogens with zero attached hydrogens (tertiary/aromatic N) is 3. The number of amides is 1. The number of rotatable bonds is 8. The number of halogens is 1. The number of piperazine rings is 1. The van der Waals surface area contributed by atoms with Crippen molar-refractivity contribution in [2.75, 3.05) is 45.8 Å². The lowest BCUT2D eigenvalue weighted by atomic mass is 10.2. The van der Waals surface area contributed by atoms with Crippen LogP contribution in [0, 0.1) is 5.92 Å². The van der Waals surface area contributed by atoms with Gasteiger partial charge in [0.25, 0.3) is 0 Å². The van der Waals surface area contributed by atoms with E-state index >= 15 is 0 Å². The largest absolute Gasteiger partial charge is 0.357 e. The van der Waals surface area contributed by atoms with Crippen molar-refractivity contribution >= 4 is 35.8 Å². The second kappa shape index (κ2) is 11.9. The first kappa shape index (κ1) is 22.5. The number of hydrogen-bond donors (Lipinski definition) is 2. The molecule has 0 aromatic heterocycles. The lowest BCUT2D eigenvalue weighted by Gasteiger charge is -2.37. The monoisotopic (exact) mass is 465 g/mol. The predicted molar refractivity (Wildman–Crippen MR) is 115 cm³/mol. The van der Waals surface area contributed by atoms with Crippen molar-refractivity contribution in [3.8, 4) is 0 Å². The fraction of sp³-hybridized carbons (Fsp3) is 0.889. The number of aliphatic imine (C=N–C) groups is 1. The highest BCUT2D eigenvalue weighted by Gasteiger charge is 2.23. The highest BCUT2D eigenvalue weighted by molar-refractivity contribution is 14.0. The lowest BCUT2D eigenvalue weighted by Crippen LogP contribution is -2.53. The zero-order valence-electron chi connectivity index (χ0n) is 16.1. The molecule has 7 heteroatoms. The Kier molecular flexibility index (Phi) is 10.7. The van der Waals surface area contributed by atoms with E-state index in [-0.39, 0.29) is 29.9 Å². The van der Waals surface area contributed by atoms with Crippen LogP contribution in [0.3, 0.4) is 0 Å². The molecular formula is C18H36IN5O. The molecule has 2 rings (SSSR count). The smallest absolute Gasteiger partial charge is 0.220 e. The van der Waals surface area contributed by atoms with E-state index in [0.29, 0.717) is 19.0 Å². The third-order valence-electron chi connectivity index (χ3n) is 4.40. The van der Waals surface area contributed by atoms with Gasteiger partial charge < -0.3 is 15.5 Å². The molecule has 2 N–H and O–H groups in total. The summed E-state index contributed by atoms with van der Waals surface area (Å²) in [6.07, 6.45) is 3.71. The van der Waals surface area contributed by atoms with Crippen LogP contribution in [0.5, 0.6) is 0 Å². The first-order chi connectivity index (χ1) is 11.6. The highest BCUT2D eigenvalue weighted by Crippen LogP contribution is 2.18. The number of guanidine groups is 1. The number of carbonyl (C=O) groups excluding carboxylic acids is 1. The molecule has 6 nitrogen and oxygen atoms in total. The van der Waals surface area contributed by atoms with E-state index < -0.39 is 0 Å². The van der Waals surface area contributed by atoms with Crippen molar-refractivity contribution in [3.05, 3.63) is 0 Å². The molecule has 1 amide bonds. The molecule has 2 aliphatic rings. The van der Waals surface area contributed by atoms with E-state index in [1.54, 1.807) is 0 Å². The Morgan fingerprint density at radius 1 is 1.20 bits per heavy atom. The van der Waals surface area contributed by atoms with E-state index in [1.165, 1.54) is 6.54 Å². The number of carbonyl (C=O) groups is 1. The molecule has 0 radical (unpaired) electrons. The first-order valence-corrected chi connectivity index (χ1v) is 9.63.